The van der Waals surface area contributed by atoms with Crippen molar-refractivity contribution in [3.8, 4) is 0 Å². The van der Waals surface area contributed by atoms with Gasteiger partial charge in [0.05, 0.1) is 0 Å². The van der Waals surface area contributed by atoms with Crippen molar-refractivity contribution in [3.05, 3.63) is 30.0 Å². The van der Waals surface area contributed by atoms with Gasteiger partial charge in [-0.2, -0.15) is 0 Å². The summed E-state index contributed by atoms with van der Waals surface area (Å²) < 4.78 is 0. The molecule has 1 aliphatic carbocycles. The van der Waals surface area contributed by atoms with Gasteiger partial charge in [0, 0.05) is 0 Å². The number of rotatable bonds is 0. The van der Waals surface area contributed by atoms with Crippen LogP contribution in [0.3, 0.4) is 0 Å². The summed E-state index contributed by atoms with van der Waals surface area (Å²) in [5.41, 5.74) is 3.13. The Morgan fingerprint density at radius 2 is 2.00 bits per heavy atom. The Kier molecular flexibility index (Phi) is 2.96. The third kappa shape index (κ3) is 2.94. The lowest BCUT2D eigenvalue weighted by molar-refractivity contribution is 0.869. The Bertz CT molecular complexity index is 145. The van der Waals surface area contributed by atoms with Crippen molar-refractivity contribution in [2.45, 2.75) is 25.7 Å². The van der Waals surface area contributed by atoms with Crippen LogP contribution in [0.5, 0.6) is 0 Å². The molecule has 0 saturated heterocycles. The van der Waals surface area contributed by atoms with Gasteiger partial charge >= 0.3 is 0 Å². The van der Waals surface area contributed by atoms with Crippen molar-refractivity contribution in [2.75, 3.05) is 0 Å². The van der Waals surface area contributed by atoms with Crippen molar-refractivity contribution in [3.63, 3.8) is 0 Å². The molecule has 9 heavy (non-hydrogen) atoms. The molecule has 0 saturated carbocycles. The molecular formula is C9H12. The molecule has 0 atom stereocenters. The molecule has 0 aromatic rings. The number of allylic oxidation sites excluding steroid dienone is 3. The van der Waals surface area contributed by atoms with Gasteiger partial charge in [-0.05, 0) is 37.8 Å². The molecule has 1 rings (SSSR count). The predicted octanol–water partition coefficient (Wildman–Crippen LogP) is 2.83. The van der Waals surface area contributed by atoms with Crippen molar-refractivity contribution >= 4 is 0 Å². The monoisotopic (exact) mass is 120 g/mol. The van der Waals surface area contributed by atoms with Gasteiger partial charge < -0.3 is 0 Å². The van der Waals surface area contributed by atoms with Crippen molar-refractivity contribution in [1.82, 2.24) is 0 Å². The summed E-state index contributed by atoms with van der Waals surface area (Å²) >= 11 is 0. The SMILES string of the molecule is C1=CC/C=C\CCCC=1. The van der Waals surface area contributed by atoms with E-state index in [1.165, 1.54) is 19.3 Å². The summed E-state index contributed by atoms with van der Waals surface area (Å²) in [7, 11) is 0. The molecule has 0 bridgehead atoms. The smallest absolute Gasteiger partial charge is 0.00930 e. The summed E-state index contributed by atoms with van der Waals surface area (Å²) in [6.07, 6.45) is 13.4. The second kappa shape index (κ2) is 4.17. The quantitative estimate of drug-likeness (QED) is 0.340. The van der Waals surface area contributed by atoms with Crippen molar-refractivity contribution < 1.29 is 0 Å². The standard InChI is InChI=1S/C9H12/c1-2-4-6-8-9-7-5-3-1/h1-2,5,9H,3-4,6,8H2/b2-1-. The van der Waals surface area contributed by atoms with Gasteiger partial charge in [-0.25, -0.2) is 0 Å². The molecule has 1 aliphatic rings. The van der Waals surface area contributed by atoms with Gasteiger partial charge in [0.25, 0.3) is 0 Å². The Morgan fingerprint density at radius 1 is 1.00 bits per heavy atom. The molecule has 0 N–H and O–H groups in total. The minimum absolute atomic E-state index is 1.05. The normalized spacial score (nSPS) is 22.2. The lowest BCUT2D eigenvalue weighted by atomic mass is 10.2. The second-order valence-electron chi connectivity index (χ2n) is 2.21. The van der Waals surface area contributed by atoms with E-state index in [1.54, 1.807) is 0 Å². The van der Waals surface area contributed by atoms with E-state index in [2.05, 4.69) is 30.0 Å². The van der Waals surface area contributed by atoms with E-state index in [0.717, 1.165) is 6.42 Å². The van der Waals surface area contributed by atoms with Gasteiger partial charge in [-0.15, -0.1) is 5.73 Å². The fourth-order valence-electron chi connectivity index (χ4n) is 0.855. The first kappa shape index (κ1) is 6.38. The topological polar surface area (TPSA) is 0 Å². The molecule has 0 spiro atoms. The largest absolute Gasteiger partial charge is 0.129 e. The van der Waals surface area contributed by atoms with Crippen LogP contribution in [0.2, 0.25) is 0 Å². The summed E-state index contributed by atoms with van der Waals surface area (Å²) in [4.78, 5) is 0. The summed E-state index contributed by atoms with van der Waals surface area (Å²) in [5.74, 6) is 0. The Hall–Kier alpha value is -0.740. The molecule has 0 fully saturated rings. The molecule has 0 aliphatic heterocycles. The highest BCUT2D eigenvalue weighted by molar-refractivity contribution is 4.95. The van der Waals surface area contributed by atoms with Crippen LogP contribution in [-0.4, -0.2) is 0 Å². The lowest BCUT2D eigenvalue weighted by Crippen LogP contribution is -1.65. The highest BCUT2D eigenvalue weighted by Crippen LogP contribution is 2.00. The molecule has 0 nitrogen and oxygen atoms in total. The van der Waals surface area contributed by atoms with E-state index in [1.807, 2.05) is 0 Å². The highest BCUT2D eigenvalue weighted by atomic mass is 13.9. The Balaban J connectivity index is 2.45. The van der Waals surface area contributed by atoms with Gasteiger partial charge in [-0.3, -0.25) is 0 Å². The van der Waals surface area contributed by atoms with Gasteiger partial charge in [0.2, 0.25) is 0 Å². The van der Waals surface area contributed by atoms with E-state index >= 15 is 0 Å². The lowest BCUT2D eigenvalue weighted by Gasteiger charge is -1.85. The third-order valence-corrected chi connectivity index (χ3v) is 1.38. The van der Waals surface area contributed by atoms with Crippen LogP contribution in [-0.2, 0) is 0 Å². The fraction of sp³-hybridized carbons (Fsp3) is 0.444. The molecule has 0 aromatic carbocycles. The van der Waals surface area contributed by atoms with E-state index in [4.69, 9.17) is 0 Å². The zero-order valence-corrected chi connectivity index (χ0v) is 5.64. The molecule has 0 aromatic heterocycles. The van der Waals surface area contributed by atoms with E-state index in [-0.39, 0.29) is 0 Å². The maximum absolute atomic E-state index is 3.13. The molecule has 0 radical (unpaired) electrons. The van der Waals surface area contributed by atoms with Gasteiger partial charge in [0.15, 0.2) is 0 Å². The Labute approximate surface area is 56.6 Å². The first-order chi connectivity index (χ1) is 4.50. The van der Waals surface area contributed by atoms with E-state index < -0.39 is 0 Å². The maximum Gasteiger partial charge on any atom is -0.00930 e. The van der Waals surface area contributed by atoms with E-state index in [0.29, 0.717) is 0 Å². The first-order valence-electron chi connectivity index (χ1n) is 3.54. The van der Waals surface area contributed by atoms with Crippen molar-refractivity contribution in [1.29, 1.82) is 0 Å². The fourth-order valence-corrected chi connectivity index (χ4v) is 0.855. The average Bonchev–Trinajstić information content (AvgIpc) is 2.00. The average molecular weight is 120 g/mol. The summed E-state index contributed by atoms with van der Waals surface area (Å²) in [6, 6.07) is 0. The molecule has 0 unspecified atom stereocenters. The van der Waals surface area contributed by atoms with Gasteiger partial charge in [-0.1, -0.05) is 12.2 Å². The molecule has 48 valence electrons. The molecule has 0 heterocycles. The van der Waals surface area contributed by atoms with Gasteiger partial charge in [0.1, 0.15) is 0 Å². The highest BCUT2D eigenvalue weighted by Gasteiger charge is 1.80. The van der Waals surface area contributed by atoms with Crippen molar-refractivity contribution in [2.24, 2.45) is 0 Å². The van der Waals surface area contributed by atoms with Crippen LogP contribution >= 0.6 is 0 Å². The summed E-state index contributed by atoms with van der Waals surface area (Å²) in [5, 5.41) is 0. The molecular weight excluding hydrogens is 108 g/mol. The minimum atomic E-state index is 1.05. The summed E-state index contributed by atoms with van der Waals surface area (Å²) in [6.45, 7) is 0. The third-order valence-electron chi connectivity index (χ3n) is 1.38. The zero-order valence-electron chi connectivity index (χ0n) is 5.64. The minimum Gasteiger partial charge on any atom is -0.129 e. The zero-order chi connectivity index (χ0) is 6.36. The van der Waals surface area contributed by atoms with E-state index in [9.17, 15) is 0 Å². The van der Waals surface area contributed by atoms with Crippen LogP contribution in [0.15, 0.2) is 30.0 Å². The molecule has 0 amide bonds. The Morgan fingerprint density at radius 3 is 3.00 bits per heavy atom. The van der Waals surface area contributed by atoms with Crippen LogP contribution in [0.4, 0.5) is 0 Å². The van der Waals surface area contributed by atoms with Crippen LogP contribution in [0.1, 0.15) is 25.7 Å². The predicted molar refractivity (Wildman–Crippen MR) is 40.3 cm³/mol. The number of hydrogen-bond donors (Lipinski definition) is 0. The first-order valence-corrected chi connectivity index (χ1v) is 3.54. The van der Waals surface area contributed by atoms with Crippen LogP contribution < -0.4 is 0 Å². The number of hydrogen-bond acceptors (Lipinski definition) is 0. The maximum atomic E-state index is 3.13. The van der Waals surface area contributed by atoms with Crippen LogP contribution in [0.25, 0.3) is 0 Å². The van der Waals surface area contributed by atoms with Crippen LogP contribution in [0, 0.1) is 0 Å². The molecule has 0 heteroatoms. The second-order valence-corrected chi connectivity index (χ2v) is 2.21.